The Hall–Kier alpha value is -2.11. The Morgan fingerprint density at radius 1 is 0.841 bits per heavy atom. The third-order valence-electron chi connectivity index (χ3n) is 13.7. The summed E-state index contributed by atoms with van der Waals surface area (Å²) in [4.78, 5) is 45.5. The molecule has 4 amide bonds. The minimum Gasteiger partial charge on any atom is -0.339 e. The number of likely N-dealkylation sites (N-methyl/N-ethyl adjacent to an activating group) is 1. The first kappa shape index (κ1) is 31.9. The van der Waals surface area contributed by atoms with Gasteiger partial charge < -0.3 is 10.2 Å². The fourth-order valence-corrected chi connectivity index (χ4v) is 11.1. The lowest BCUT2D eigenvalue weighted by Crippen LogP contribution is -2.57. The number of amides is 4. The van der Waals surface area contributed by atoms with Gasteiger partial charge >= 0.3 is 6.03 Å². The topological polar surface area (TPSA) is 69.7 Å². The van der Waals surface area contributed by atoms with Gasteiger partial charge in [0.1, 0.15) is 0 Å². The Labute approximate surface area is 266 Å². The summed E-state index contributed by atoms with van der Waals surface area (Å²) < 4.78 is 0. The average molecular weight is 606 g/mol. The maximum Gasteiger partial charge on any atom is 0.324 e. The third-order valence-corrected chi connectivity index (χ3v) is 13.7. The van der Waals surface area contributed by atoms with Crippen LogP contribution in [-0.2, 0) is 9.59 Å². The summed E-state index contributed by atoms with van der Waals surface area (Å²) in [5.74, 6) is 1.97. The highest BCUT2D eigenvalue weighted by atomic mass is 16.2. The molecular weight excluding hydrogens is 546 g/mol. The van der Waals surface area contributed by atoms with Crippen LogP contribution in [0.25, 0.3) is 0 Å². The average Bonchev–Trinajstić information content (AvgIpc) is 3.39. The SMILES string of the molecule is CCN(CC)C(=O)C1=CC2=CC[C@H]3[C@@H]4CC[C@H](C(=O)N(C(=O)NC5CCCCC5)C5CCCCC5)[C@@]4(C)CC[C@@H]3[C@@]2(C)CC1. The van der Waals surface area contributed by atoms with Gasteiger partial charge in [-0.05, 0) is 119 Å². The highest BCUT2D eigenvalue weighted by molar-refractivity contribution is 5.97. The zero-order chi connectivity index (χ0) is 31.1. The number of carbonyl (C=O) groups is 3. The Balaban J connectivity index is 1.21. The van der Waals surface area contributed by atoms with Crippen LogP contribution in [0.5, 0.6) is 0 Å². The van der Waals surface area contributed by atoms with Gasteiger partial charge in [-0.2, -0.15) is 0 Å². The zero-order valence-electron chi connectivity index (χ0n) is 28.2. The van der Waals surface area contributed by atoms with Crippen molar-refractivity contribution in [2.75, 3.05) is 13.1 Å². The van der Waals surface area contributed by atoms with Crippen molar-refractivity contribution < 1.29 is 14.4 Å². The van der Waals surface area contributed by atoms with Crippen molar-refractivity contribution in [3.05, 3.63) is 23.3 Å². The maximum absolute atomic E-state index is 14.7. The van der Waals surface area contributed by atoms with E-state index in [0.717, 1.165) is 102 Å². The summed E-state index contributed by atoms with van der Waals surface area (Å²) in [6, 6.07) is 0.172. The molecule has 4 saturated carbocycles. The fraction of sp³-hybridized carbons (Fsp3) is 0.816. The molecule has 0 aromatic carbocycles. The molecule has 4 fully saturated rings. The minimum absolute atomic E-state index is 0.0492. The van der Waals surface area contributed by atoms with Crippen LogP contribution >= 0.6 is 0 Å². The van der Waals surface area contributed by atoms with Gasteiger partial charge in [0.2, 0.25) is 11.8 Å². The van der Waals surface area contributed by atoms with Crippen molar-refractivity contribution in [3.63, 3.8) is 0 Å². The summed E-state index contributed by atoms with van der Waals surface area (Å²) in [7, 11) is 0. The second kappa shape index (κ2) is 12.9. The van der Waals surface area contributed by atoms with E-state index in [4.69, 9.17) is 0 Å². The van der Waals surface area contributed by atoms with E-state index in [-0.39, 0.29) is 46.7 Å². The van der Waals surface area contributed by atoms with Crippen LogP contribution in [0.4, 0.5) is 4.79 Å². The highest BCUT2D eigenvalue weighted by Crippen LogP contribution is 2.66. The van der Waals surface area contributed by atoms with Crippen LogP contribution in [0.1, 0.15) is 137 Å². The van der Waals surface area contributed by atoms with E-state index < -0.39 is 0 Å². The van der Waals surface area contributed by atoms with Gasteiger partial charge in [0.15, 0.2) is 0 Å². The van der Waals surface area contributed by atoms with Gasteiger partial charge in [-0.15, -0.1) is 0 Å². The fourth-order valence-electron chi connectivity index (χ4n) is 11.1. The molecule has 6 rings (SSSR count). The quantitative estimate of drug-likeness (QED) is 0.332. The molecule has 0 aromatic heterocycles. The lowest BCUT2D eigenvalue weighted by molar-refractivity contribution is -0.141. The van der Waals surface area contributed by atoms with E-state index in [9.17, 15) is 14.4 Å². The number of nitrogens with zero attached hydrogens (tertiary/aromatic N) is 2. The number of carbonyl (C=O) groups excluding carboxylic acids is 3. The van der Waals surface area contributed by atoms with Crippen LogP contribution in [0.3, 0.4) is 0 Å². The Bertz CT molecular complexity index is 1160. The molecule has 6 heteroatoms. The minimum atomic E-state index is -0.101. The molecule has 0 aromatic rings. The Kier molecular flexibility index (Phi) is 9.37. The van der Waals surface area contributed by atoms with Crippen LogP contribution < -0.4 is 5.32 Å². The van der Waals surface area contributed by atoms with Gasteiger partial charge in [0.25, 0.3) is 0 Å². The Morgan fingerprint density at radius 2 is 1.52 bits per heavy atom. The first-order valence-corrected chi connectivity index (χ1v) is 18.5. The molecular formula is C38H59N3O3. The molecule has 0 aliphatic heterocycles. The largest absolute Gasteiger partial charge is 0.339 e. The van der Waals surface area contributed by atoms with Gasteiger partial charge in [-0.3, -0.25) is 14.5 Å². The number of hydrogen-bond acceptors (Lipinski definition) is 3. The maximum atomic E-state index is 14.7. The molecule has 6 aliphatic rings. The van der Waals surface area contributed by atoms with Gasteiger partial charge in [-0.25, -0.2) is 4.79 Å². The van der Waals surface area contributed by atoms with Crippen LogP contribution in [0, 0.1) is 34.5 Å². The summed E-state index contributed by atoms with van der Waals surface area (Å²) in [6.45, 7) is 10.5. The molecule has 244 valence electrons. The number of allylic oxidation sites excluding steroid dienone is 3. The molecule has 44 heavy (non-hydrogen) atoms. The van der Waals surface area contributed by atoms with Crippen molar-refractivity contribution in [3.8, 4) is 0 Å². The lowest BCUT2D eigenvalue weighted by atomic mass is 9.48. The standard InChI is InChI=1S/C38H59N3O3/c1-5-40(6-2)34(42)26-21-23-37(3)27(25-26)17-18-30-31-19-20-33(38(31,4)24-22-32(30)37)35(43)41(29-15-11-8-12-16-29)36(44)39-28-13-9-7-10-14-28/h17,25,28-33H,5-16,18-24H2,1-4H3,(H,39,44)/t30-,31-,32-,33+,37-,38-/m0/s1. The van der Waals surface area contributed by atoms with Crippen molar-refractivity contribution in [2.24, 2.45) is 34.5 Å². The van der Waals surface area contributed by atoms with Crippen LogP contribution in [0.15, 0.2) is 23.3 Å². The summed E-state index contributed by atoms with van der Waals surface area (Å²) in [5, 5.41) is 3.34. The number of imide groups is 1. The molecule has 6 aliphatic carbocycles. The predicted molar refractivity (Wildman–Crippen MR) is 176 cm³/mol. The predicted octanol–water partition coefficient (Wildman–Crippen LogP) is 8.17. The molecule has 0 unspecified atom stereocenters. The highest BCUT2D eigenvalue weighted by Gasteiger charge is 2.60. The molecule has 0 saturated heterocycles. The lowest BCUT2D eigenvalue weighted by Gasteiger charge is -2.57. The molecule has 1 N–H and O–H groups in total. The molecule has 6 nitrogen and oxygen atoms in total. The second-order valence-corrected chi connectivity index (χ2v) is 15.8. The first-order valence-electron chi connectivity index (χ1n) is 18.5. The summed E-state index contributed by atoms with van der Waals surface area (Å²) in [5.41, 5.74) is 2.43. The Morgan fingerprint density at radius 3 is 2.20 bits per heavy atom. The van der Waals surface area contributed by atoms with Gasteiger partial charge in [-0.1, -0.05) is 64.5 Å². The molecule has 0 spiro atoms. The molecule has 0 heterocycles. The number of hydrogen-bond donors (Lipinski definition) is 1. The van der Waals surface area contributed by atoms with E-state index in [1.54, 1.807) is 4.90 Å². The zero-order valence-corrected chi connectivity index (χ0v) is 28.2. The van der Waals surface area contributed by atoms with Crippen molar-refractivity contribution in [1.29, 1.82) is 0 Å². The van der Waals surface area contributed by atoms with E-state index in [0.29, 0.717) is 17.8 Å². The molecule has 6 atom stereocenters. The van der Waals surface area contributed by atoms with Crippen molar-refractivity contribution >= 4 is 17.8 Å². The first-order chi connectivity index (χ1) is 21.2. The number of rotatable bonds is 6. The van der Waals surface area contributed by atoms with E-state index in [2.05, 4.69) is 45.2 Å². The molecule has 0 bridgehead atoms. The van der Waals surface area contributed by atoms with E-state index in [1.165, 1.54) is 31.3 Å². The smallest absolute Gasteiger partial charge is 0.324 e. The van der Waals surface area contributed by atoms with Crippen LogP contribution in [0.2, 0.25) is 0 Å². The van der Waals surface area contributed by atoms with Gasteiger partial charge in [0.05, 0.1) is 0 Å². The van der Waals surface area contributed by atoms with E-state index in [1.807, 2.05) is 4.90 Å². The van der Waals surface area contributed by atoms with Crippen molar-refractivity contribution in [2.45, 2.75) is 149 Å². The monoisotopic (exact) mass is 605 g/mol. The summed E-state index contributed by atoms with van der Waals surface area (Å²) >= 11 is 0. The summed E-state index contributed by atoms with van der Waals surface area (Å²) in [6.07, 6.45) is 22.9. The number of urea groups is 1. The normalized spacial score (nSPS) is 35.8. The number of nitrogens with one attached hydrogen (secondary N) is 1. The molecule has 0 radical (unpaired) electrons. The van der Waals surface area contributed by atoms with Crippen molar-refractivity contribution in [1.82, 2.24) is 15.1 Å². The van der Waals surface area contributed by atoms with Gasteiger partial charge in [0, 0.05) is 36.7 Å². The van der Waals surface area contributed by atoms with E-state index >= 15 is 0 Å². The van der Waals surface area contributed by atoms with Crippen LogP contribution in [-0.4, -0.2) is 52.8 Å². The second-order valence-electron chi connectivity index (χ2n) is 15.8. The third kappa shape index (κ3) is 5.59. The number of fused-ring (bicyclic) bond motifs is 5.